The average Bonchev–Trinajstić information content (AvgIpc) is 3.05. The fraction of sp³-hybridized carbons (Fsp3) is 0.650. The van der Waals surface area contributed by atoms with Crippen molar-refractivity contribution < 1.29 is 9.53 Å². The zero-order valence-corrected chi connectivity index (χ0v) is 14.4. The van der Waals surface area contributed by atoms with E-state index in [1.165, 1.54) is 12.8 Å². The molecular weight excluding hydrogens is 300 g/mol. The summed E-state index contributed by atoms with van der Waals surface area (Å²) in [5.74, 6) is 1.40. The van der Waals surface area contributed by atoms with Crippen LogP contribution in [0.25, 0.3) is 0 Å². The number of nitrogens with one attached hydrogen (secondary N) is 2. The lowest BCUT2D eigenvalue weighted by Crippen LogP contribution is -2.33. The van der Waals surface area contributed by atoms with Crippen LogP contribution in [0.3, 0.4) is 0 Å². The fourth-order valence-corrected chi connectivity index (χ4v) is 4.45. The molecule has 1 spiro atoms. The summed E-state index contributed by atoms with van der Waals surface area (Å²) in [6.45, 7) is 2.69. The van der Waals surface area contributed by atoms with Crippen LogP contribution in [0.1, 0.15) is 50.5 Å². The van der Waals surface area contributed by atoms with Gasteiger partial charge in [0, 0.05) is 18.0 Å². The first-order valence-corrected chi connectivity index (χ1v) is 9.50. The van der Waals surface area contributed by atoms with Crippen molar-refractivity contribution in [1.29, 1.82) is 0 Å². The van der Waals surface area contributed by atoms with Crippen molar-refractivity contribution >= 4 is 5.91 Å². The Kier molecular flexibility index (Phi) is 4.49. The van der Waals surface area contributed by atoms with Gasteiger partial charge in [0.2, 0.25) is 5.91 Å². The maximum Gasteiger partial charge on any atom is 0.223 e. The highest BCUT2D eigenvalue weighted by atomic mass is 16.5. The molecule has 1 amide bonds. The number of hydrogen-bond donors (Lipinski definition) is 2. The Morgan fingerprint density at radius 1 is 1.21 bits per heavy atom. The smallest absolute Gasteiger partial charge is 0.223 e. The van der Waals surface area contributed by atoms with Crippen LogP contribution < -0.4 is 15.4 Å². The van der Waals surface area contributed by atoms with E-state index in [0.29, 0.717) is 18.1 Å². The van der Waals surface area contributed by atoms with Crippen LogP contribution in [-0.2, 0) is 11.3 Å². The molecule has 1 aromatic rings. The van der Waals surface area contributed by atoms with Crippen molar-refractivity contribution in [2.75, 3.05) is 13.1 Å². The number of ether oxygens (including phenoxy) is 1. The molecule has 3 aliphatic rings. The lowest BCUT2D eigenvalue weighted by atomic mass is 9.92. The van der Waals surface area contributed by atoms with E-state index in [-0.39, 0.29) is 11.8 Å². The number of piperidine rings is 1. The molecule has 130 valence electrons. The van der Waals surface area contributed by atoms with Gasteiger partial charge in [0.15, 0.2) is 0 Å². The standard InChI is InChI=1S/C20H28N2O2/c23-19(17-13-20(17)9-11-21-12-10-20)22-14-15-5-1-4-8-18(15)24-16-6-2-3-7-16/h1,4-5,8,16-17,21H,2-3,6-7,9-14H2,(H,22,23). The molecule has 0 radical (unpaired) electrons. The minimum absolute atomic E-state index is 0.225. The number of rotatable bonds is 5. The van der Waals surface area contributed by atoms with Crippen LogP contribution in [0, 0.1) is 11.3 Å². The molecule has 2 aliphatic carbocycles. The Labute approximate surface area is 144 Å². The van der Waals surface area contributed by atoms with Crippen LogP contribution in [0.15, 0.2) is 24.3 Å². The number of carbonyl (C=O) groups is 1. The van der Waals surface area contributed by atoms with Gasteiger partial charge in [0.05, 0.1) is 6.10 Å². The topological polar surface area (TPSA) is 50.4 Å². The minimum atomic E-state index is 0.225. The number of amides is 1. The first-order valence-electron chi connectivity index (χ1n) is 9.50. The summed E-state index contributed by atoms with van der Waals surface area (Å²) in [5.41, 5.74) is 1.40. The number of hydrogen-bond acceptors (Lipinski definition) is 3. The Balaban J connectivity index is 1.33. The van der Waals surface area contributed by atoms with Gasteiger partial charge in [-0.3, -0.25) is 4.79 Å². The van der Waals surface area contributed by atoms with E-state index in [9.17, 15) is 4.79 Å². The van der Waals surface area contributed by atoms with Gasteiger partial charge in [0.1, 0.15) is 5.75 Å². The molecule has 4 nitrogen and oxygen atoms in total. The van der Waals surface area contributed by atoms with Crippen molar-refractivity contribution in [3.8, 4) is 5.75 Å². The largest absolute Gasteiger partial charge is 0.490 e. The fourth-order valence-electron chi connectivity index (χ4n) is 4.45. The van der Waals surface area contributed by atoms with E-state index in [4.69, 9.17) is 4.74 Å². The first-order chi connectivity index (χ1) is 11.8. The van der Waals surface area contributed by atoms with Crippen LogP contribution in [-0.4, -0.2) is 25.1 Å². The van der Waals surface area contributed by atoms with Gasteiger partial charge in [-0.15, -0.1) is 0 Å². The average molecular weight is 328 g/mol. The predicted octanol–water partition coefficient (Wildman–Crippen LogP) is 3.01. The highest BCUT2D eigenvalue weighted by Gasteiger charge is 2.57. The van der Waals surface area contributed by atoms with Crippen LogP contribution >= 0.6 is 0 Å². The monoisotopic (exact) mass is 328 g/mol. The highest BCUT2D eigenvalue weighted by molar-refractivity contribution is 5.82. The second-order valence-electron chi connectivity index (χ2n) is 7.72. The van der Waals surface area contributed by atoms with Crippen molar-refractivity contribution in [2.24, 2.45) is 11.3 Å². The van der Waals surface area contributed by atoms with Gasteiger partial charge in [-0.25, -0.2) is 0 Å². The quantitative estimate of drug-likeness (QED) is 0.873. The molecule has 0 bridgehead atoms. The molecule has 0 aromatic heterocycles. The molecule has 1 aromatic carbocycles. The van der Waals surface area contributed by atoms with E-state index >= 15 is 0 Å². The summed E-state index contributed by atoms with van der Waals surface area (Å²) in [6, 6.07) is 8.14. The summed E-state index contributed by atoms with van der Waals surface area (Å²) < 4.78 is 6.17. The normalized spacial score (nSPS) is 25.6. The van der Waals surface area contributed by atoms with Crippen molar-refractivity contribution in [2.45, 2.75) is 57.6 Å². The summed E-state index contributed by atoms with van der Waals surface area (Å²) in [6.07, 6.45) is 8.55. The molecule has 2 N–H and O–H groups in total. The maximum absolute atomic E-state index is 12.5. The zero-order chi connectivity index (χ0) is 16.4. The maximum atomic E-state index is 12.5. The highest BCUT2D eigenvalue weighted by Crippen LogP contribution is 2.58. The number of benzene rings is 1. The van der Waals surface area contributed by atoms with Crippen molar-refractivity contribution in [3.05, 3.63) is 29.8 Å². The van der Waals surface area contributed by atoms with E-state index in [0.717, 1.165) is 56.5 Å². The minimum Gasteiger partial charge on any atom is -0.490 e. The first kappa shape index (κ1) is 15.9. The van der Waals surface area contributed by atoms with E-state index in [2.05, 4.69) is 16.7 Å². The van der Waals surface area contributed by atoms with Gasteiger partial charge < -0.3 is 15.4 Å². The third-order valence-electron chi connectivity index (χ3n) is 6.13. The molecule has 1 atom stereocenters. The Morgan fingerprint density at radius 2 is 1.96 bits per heavy atom. The van der Waals surface area contributed by atoms with Gasteiger partial charge in [-0.05, 0) is 69.5 Å². The molecule has 2 saturated carbocycles. The molecule has 1 heterocycles. The third-order valence-corrected chi connectivity index (χ3v) is 6.13. The summed E-state index contributed by atoms with van der Waals surface area (Å²) in [5, 5.41) is 6.55. The SMILES string of the molecule is O=C(NCc1ccccc1OC1CCCC1)C1CC12CCNCC2. The molecule has 4 rings (SSSR count). The van der Waals surface area contributed by atoms with Crippen molar-refractivity contribution in [3.63, 3.8) is 0 Å². The van der Waals surface area contributed by atoms with Crippen molar-refractivity contribution in [1.82, 2.24) is 10.6 Å². The number of carbonyl (C=O) groups excluding carboxylic acids is 1. The van der Waals surface area contributed by atoms with Crippen LogP contribution in [0.5, 0.6) is 5.75 Å². The Bertz CT molecular complexity index is 589. The molecule has 3 fully saturated rings. The molecule has 24 heavy (non-hydrogen) atoms. The zero-order valence-electron chi connectivity index (χ0n) is 14.4. The molecular formula is C20H28N2O2. The van der Waals surface area contributed by atoms with E-state index in [1.807, 2.05) is 18.2 Å². The third kappa shape index (κ3) is 3.30. The van der Waals surface area contributed by atoms with Gasteiger partial charge in [-0.1, -0.05) is 18.2 Å². The van der Waals surface area contributed by atoms with Gasteiger partial charge >= 0.3 is 0 Å². The van der Waals surface area contributed by atoms with Gasteiger partial charge in [0.25, 0.3) is 0 Å². The lowest BCUT2D eigenvalue weighted by Gasteiger charge is -2.23. The Hall–Kier alpha value is -1.55. The molecule has 4 heteroatoms. The summed E-state index contributed by atoms with van der Waals surface area (Å²) in [4.78, 5) is 12.5. The lowest BCUT2D eigenvalue weighted by molar-refractivity contribution is -0.123. The second-order valence-corrected chi connectivity index (χ2v) is 7.72. The summed E-state index contributed by atoms with van der Waals surface area (Å²) >= 11 is 0. The molecule has 1 saturated heterocycles. The second kappa shape index (κ2) is 6.75. The number of para-hydroxylation sites is 1. The van der Waals surface area contributed by atoms with Crippen LogP contribution in [0.4, 0.5) is 0 Å². The van der Waals surface area contributed by atoms with E-state index in [1.54, 1.807) is 0 Å². The predicted molar refractivity (Wildman–Crippen MR) is 93.8 cm³/mol. The van der Waals surface area contributed by atoms with Crippen LogP contribution in [0.2, 0.25) is 0 Å². The van der Waals surface area contributed by atoms with E-state index < -0.39 is 0 Å². The molecule has 1 unspecified atom stereocenters. The summed E-state index contributed by atoms with van der Waals surface area (Å²) in [7, 11) is 0. The molecule has 1 aliphatic heterocycles. The Morgan fingerprint density at radius 3 is 2.75 bits per heavy atom. The van der Waals surface area contributed by atoms with Gasteiger partial charge in [-0.2, -0.15) is 0 Å².